The smallest absolute Gasteiger partial charge is 0.170 e. The number of halogens is 1. The van der Waals surface area contributed by atoms with Crippen LogP contribution in [0.1, 0.15) is 5.56 Å². The van der Waals surface area contributed by atoms with Crippen molar-refractivity contribution < 1.29 is 0 Å². The van der Waals surface area contributed by atoms with Gasteiger partial charge in [-0.15, -0.1) is 0 Å². The number of nitrogens with two attached hydrogens (primary N) is 1. The molecule has 0 saturated carbocycles. The van der Waals surface area contributed by atoms with Crippen molar-refractivity contribution in [2.24, 2.45) is 5.73 Å². The average molecular weight is 297 g/mol. The van der Waals surface area contributed by atoms with Crippen molar-refractivity contribution in [3.8, 4) is 0 Å². The van der Waals surface area contributed by atoms with Gasteiger partial charge in [0, 0.05) is 27.3 Å². The fourth-order valence-corrected chi connectivity index (χ4v) is 2.52. The van der Waals surface area contributed by atoms with Crippen LogP contribution >= 0.6 is 27.7 Å². The van der Waals surface area contributed by atoms with Crippen molar-refractivity contribution in [2.45, 2.75) is 10.1 Å². The Hall–Kier alpha value is -1.27. The summed E-state index contributed by atoms with van der Waals surface area (Å²) in [4.78, 5) is 8.17. The van der Waals surface area contributed by atoms with Gasteiger partial charge in [-0.3, -0.25) is 5.41 Å². The van der Waals surface area contributed by atoms with Crippen LogP contribution in [0, 0.1) is 5.41 Å². The largest absolute Gasteiger partial charge is 0.384 e. The average Bonchev–Trinajstić information content (AvgIpc) is 2.73. The van der Waals surface area contributed by atoms with Crippen LogP contribution in [0.15, 0.2) is 45.1 Å². The van der Waals surface area contributed by atoms with Gasteiger partial charge in [-0.25, -0.2) is 4.98 Å². The Labute approximate surface area is 105 Å². The van der Waals surface area contributed by atoms with E-state index in [4.69, 9.17) is 11.1 Å². The van der Waals surface area contributed by atoms with Gasteiger partial charge in [0.25, 0.3) is 0 Å². The first-order valence-electron chi connectivity index (χ1n) is 4.48. The first kappa shape index (κ1) is 11.2. The number of aromatic nitrogens is 2. The predicted molar refractivity (Wildman–Crippen MR) is 67.9 cm³/mol. The third-order valence-electron chi connectivity index (χ3n) is 1.92. The second-order valence-corrected chi connectivity index (χ2v) is 4.94. The molecule has 0 spiro atoms. The lowest BCUT2D eigenvalue weighted by molar-refractivity contribution is 1.06. The van der Waals surface area contributed by atoms with Crippen LogP contribution < -0.4 is 5.73 Å². The fourth-order valence-electron chi connectivity index (χ4n) is 1.16. The van der Waals surface area contributed by atoms with E-state index in [9.17, 15) is 0 Å². The minimum absolute atomic E-state index is 0.0650. The highest BCUT2D eigenvalue weighted by Crippen LogP contribution is 2.31. The lowest BCUT2D eigenvalue weighted by Gasteiger charge is -2.04. The molecule has 0 saturated heterocycles. The second kappa shape index (κ2) is 4.71. The lowest BCUT2D eigenvalue weighted by atomic mass is 10.2. The third-order valence-corrected chi connectivity index (χ3v) is 3.83. The summed E-state index contributed by atoms with van der Waals surface area (Å²) in [6.45, 7) is 0. The van der Waals surface area contributed by atoms with E-state index in [0.29, 0.717) is 5.56 Å². The minimum Gasteiger partial charge on any atom is -0.384 e. The summed E-state index contributed by atoms with van der Waals surface area (Å²) in [6, 6.07) is 5.56. The van der Waals surface area contributed by atoms with Gasteiger partial charge in [0.2, 0.25) is 0 Å². The van der Waals surface area contributed by atoms with Crippen molar-refractivity contribution in [3.05, 3.63) is 40.6 Å². The van der Waals surface area contributed by atoms with Crippen molar-refractivity contribution >= 4 is 33.5 Å². The molecule has 4 nitrogen and oxygen atoms in total. The molecule has 0 radical (unpaired) electrons. The van der Waals surface area contributed by atoms with E-state index in [1.54, 1.807) is 12.4 Å². The number of nitrogens with one attached hydrogen (secondary N) is 2. The summed E-state index contributed by atoms with van der Waals surface area (Å²) >= 11 is 4.96. The number of imidazole rings is 1. The molecule has 16 heavy (non-hydrogen) atoms. The van der Waals surface area contributed by atoms with Gasteiger partial charge >= 0.3 is 0 Å². The zero-order chi connectivity index (χ0) is 11.5. The van der Waals surface area contributed by atoms with Gasteiger partial charge in [0.05, 0.1) is 0 Å². The molecule has 0 bridgehead atoms. The molecule has 0 aliphatic rings. The van der Waals surface area contributed by atoms with E-state index in [2.05, 4.69) is 25.9 Å². The van der Waals surface area contributed by atoms with Crippen LogP contribution in [-0.4, -0.2) is 15.8 Å². The van der Waals surface area contributed by atoms with Crippen LogP contribution in [0.25, 0.3) is 0 Å². The van der Waals surface area contributed by atoms with E-state index < -0.39 is 0 Å². The van der Waals surface area contributed by atoms with Crippen LogP contribution in [0.3, 0.4) is 0 Å². The second-order valence-electron chi connectivity index (χ2n) is 3.06. The lowest BCUT2D eigenvalue weighted by Crippen LogP contribution is -2.10. The van der Waals surface area contributed by atoms with Crippen LogP contribution in [0.4, 0.5) is 0 Å². The number of rotatable bonds is 3. The number of amidine groups is 1. The Kier molecular flexibility index (Phi) is 3.31. The predicted octanol–water partition coefficient (Wildman–Crippen LogP) is 2.61. The van der Waals surface area contributed by atoms with Gasteiger partial charge in [0.1, 0.15) is 5.84 Å². The Morgan fingerprint density at radius 1 is 1.50 bits per heavy atom. The van der Waals surface area contributed by atoms with Crippen LogP contribution in [-0.2, 0) is 0 Å². The van der Waals surface area contributed by atoms with Gasteiger partial charge in [-0.1, -0.05) is 17.8 Å². The summed E-state index contributed by atoms with van der Waals surface area (Å²) in [6.07, 6.45) is 3.49. The highest BCUT2D eigenvalue weighted by atomic mass is 79.9. The van der Waals surface area contributed by atoms with E-state index in [-0.39, 0.29) is 5.84 Å². The van der Waals surface area contributed by atoms with Crippen molar-refractivity contribution in [3.63, 3.8) is 0 Å². The zero-order valence-electron chi connectivity index (χ0n) is 8.20. The third kappa shape index (κ3) is 2.45. The van der Waals surface area contributed by atoms with Crippen LogP contribution in [0.2, 0.25) is 0 Å². The van der Waals surface area contributed by atoms with Crippen molar-refractivity contribution in [1.29, 1.82) is 5.41 Å². The maximum atomic E-state index is 7.33. The Balaban J connectivity index is 2.26. The molecule has 1 aromatic heterocycles. The molecule has 0 fully saturated rings. The van der Waals surface area contributed by atoms with E-state index in [0.717, 1.165) is 14.5 Å². The molecule has 2 rings (SSSR count). The molecule has 0 aliphatic heterocycles. The van der Waals surface area contributed by atoms with Gasteiger partial charge in [0.15, 0.2) is 5.16 Å². The van der Waals surface area contributed by atoms with Crippen LogP contribution in [0.5, 0.6) is 0 Å². The highest BCUT2D eigenvalue weighted by molar-refractivity contribution is 9.10. The molecule has 6 heteroatoms. The summed E-state index contributed by atoms with van der Waals surface area (Å²) in [5.74, 6) is 0.0650. The molecular weight excluding hydrogens is 288 g/mol. The zero-order valence-corrected chi connectivity index (χ0v) is 10.6. The van der Waals surface area contributed by atoms with E-state index >= 15 is 0 Å². The van der Waals surface area contributed by atoms with Gasteiger partial charge in [-0.05, 0) is 28.1 Å². The molecule has 82 valence electrons. The molecule has 2 aromatic rings. The molecule has 4 N–H and O–H groups in total. The van der Waals surface area contributed by atoms with Crippen molar-refractivity contribution in [1.82, 2.24) is 9.97 Å². The number of aromatic amines is 1. The standard InChI is InChI=1S/C10H9BrN4S/c11-7-5-6(9(12)13)1-2-8(7)16-10-14-3-4-15-10/h1-5H,(H3,12,13)(H,14,15). The molecule has 0 aliphatic carbocycles. The SMILES string of the molecule is N=C(N)c1ccc(Sc2ncc[nH]2)c(Br)c1. The van der Waals surface area contributed by atoms with Gasteiger partial charge < -0.3 is 10.7 Å². The number of nitrogen functional groups attached to an aromatic ring is 1. The maximum Gasteiger partial charge on any atom is 0.170 e. The number of H-pyrrole nitrogens is 1. The summed E-state index contributed by atoms with van der Waals surface area (Å²) < 4.78 is 0.904. The molecule has 1 heterocycles. The monoisotopic (exact) mass is 296 g/mol. The highest BCUT2D eigenvalue weighted by Gasteiger charge is 2.06. The number of hydrogen-bond acceptors (Lipinski definition) is 3. The molecular formula is C10H9BrN4S. The number of nitrogens with zero attached hydrogens (tertiary/aromatic N) is 1. The summed E-state index contributed by atoms with van der Waals surface area (Å²) in [7, 11) is 0. The summed E-state index contributed by atoms with van der Waals surface area (Å²) in [5, 5.41) is 8.16. The number of hydrogen-bond donors (Lipinski definition) is 3. The van der Waals surface area contributed by atoms with Crippen molar-refractivity contribution in [2.75, 3.05) is 0 Å². The minimum atomic E-state index is 0.0650. The molecule has 0 amide bonds. The van der Waals surface area contributed by atoms with E-state index in [1.807, 2.05) is 18.2 Å². The first-order valence-corrected chi connectivity index (χ1v) is 6.09. The molecule has 1 aromatic carbocycles. The first-order chi connectivity index (χ1) is 7.66. The van der Waals surface area contributed by atoms with E-state index in [1.165, 1.54) is 11.8 Å². The quantitative estimate of drug-likeness (QED) is 0.602. The summed E-state index contributed by atoms with van der Waals surface area (Å²) in [5.41, 5.74) is 6.11. The Morgan fingerprint density at radius 2 is 2.31 bits per heavy atom. The molecule has 0 unspecified atom stereocenters. The molecule has 0 atom stereocenters. The van der Waals surface area contributed by atoms with Gasteiger partial charge in [-0.2, -0.15) is 0 Å². The topological polar surface area (TPSA) is 78.6 Å². The maximum absolute atomic E-state index is 7.33. The normalized spacial score (nSPS) is 10.3. The number of benzene rings is 1. The fraction of sp³-hybridized carbons (Fsp3) is 0. The Bertz CT molecular complexity index is 510. The Morgan fingerprint density at radius 3 is 2.88 bits per heavy atom.